The lowest BCUT2D eigenvalue weighted by Crippen LogP contribution is -2.54. The van der Waals surface area contributed by atoms with Crippen LogP contribution in [0.4, 0.5) is 0 Å². The maximum absolute atomic E-state index is 10.6. The zero-order valence-electron chi connectivity index (χ0n) is 10.5. The first-order chi connectivity index (χ1) is 8.15. The molecule has 0 aromatic rings. The van der Waals surface area contributed by atoms with Crippen LogP contribution in [0.2, 0.25) is 0 Å². The minimum atomic E-state index is -0.0373. The number of fused-ring (bicyclic) bond motifs is 4. The maximum Gasteiger partial charge on any atom is 0.0605 e. The molecule has 3 fully saturated rings. The van der Waals surface area contributed by atoms with Crippen molar-refractivity contribution in [3.8, 4) is 0 Å². The number of allylic oxidation sites excluding steroid dienone is 2. The summed E-state index contributed by atoms with van der Waals surface area (Å²) in [7, 11) is 0. The van der Waals surface area contributed by atoms with E-state index in [1.54, 1.807) is 0 Å². The van der Waals surface area contributed by atoms with Crippen LogP contribution in [0.3, 0.4) is 0 Å². The van der Waals surface area contributed by atoms with Crippen LogP contribution >= 0.6 is 11.6 Å². The highest BCUT2D eigenvalue weighted by molar-refractivity contribution is 6.30. The van der Waals surface area contributed by atoms with Crippen molar-refractivity contribution < 1.29 is 5.11 Å². The minimum Gasteiger partial charge on any atom is -0.393 e. The van der Waals surface area contributed by atoms with Gasteiger partial charge in [0.25, 0.3) is 0 Å². The molecule has 94 valence electrons. The van der Waals surface area contributed by atoms with Gasteiger partial charge in [0.2, 0.25) is 0 Å². The molecular formula is C15H21ClO. The molecule has 5 atom stereocenters. The molecule has 4 rings (SSSR count). The van der Waals surface area contributed by atoms with Crippen molar-refractivity contribution in [2.45, 2.75) is 51.6 Å². The third-order valence-electron chi connectivity index (χ3n) is 6.38. The van der Waals surface area contributed by atoms with Gasteiger partial charge in [-0.25, -0.2) is 0 Å². The number of hydrogen-bond donors (Lipinski definition) is 1. The molecule has 0 saturated heterocycles. The summed E-state index contributed by atoms with van der Waals surface area (Å²) in [5, 5.41) is 11.7. The molecule has 4 aliphatic rings. The van der Waals surface area contributed by atoms with Gasteiger partial charge in [-0.1, -0.05) is 23.6 Å². The first kappa shape index (κ1) is 10.9. The zero-order chi connectivity index (χ0) is 11.8. The molecule has 1 N–H and O–H groups in total. The fourth-order valence-electron chi connectivity index (χ4n) is 5.59. The van der Waals surface area contributed by atoms with Crippen LogP contribution in [0, 0.1) is 29.1 Å². The Bertz CT molecular complexity index is 396. The number of aliphatic hydroxyl groups is 1. The second-order valence-electron chi connectivity index (χ2n) is 6.86. The van der Waals surface area contributed by atoms with Crippen LogP contribution < -0.4 is 0 Å². The summed E-state index contributed by atoms with van der Waals surface area (Å²) in [5.74, 6) is 2.37. The van der Waals surface area contributed by atoms with Crippen LogP contribution in [0.15, 0.2) is 10.6 Å². The van der Waals surface area contributed by atoms with Crippen molar-refractivity contribution in [2.24, 2.45) is 29.1 Å². The van der Waals surface area contributed by atoms with Gasteiger partial charge < -0.3 is 5.11 Å². The Balaban J connectivity index is 1.87. The average Bonchev–Trinajstić information content (AvgIpc) is 3.07. The van der Waals surface area contributed by atoms with Crippen molar-refractivity contribution in [2.75, 3.05) is 0 Å². The molecule has 0 heterocycles. The molecule has 3 saturated carbocycles. The van der Waals surface area contributed by atoms with Crippen molar-refractivity contribution in [3.63, 3.8) is 0 Å². The van der Waals surface area contributed by atoms with Crippen molar-refractivity contribution in [1.29, 1.82) is 0 Å². The quantitative estimate of drug-likeness (QED) is 0.697. The van der Waals surface area contributed by atoms with Gasteiger partial charge in [0.15, 0.2) is 0 Å². The first-order valence-corrected chi connectivity index (χ1v) is 7.56. The lowest BCUT2D eigenvalue weighted by molar-refractivity contribution is -0.112. The predicted octanol–water partition coefficient (Wildman–Crippen LogP) is 3.71. The lowest BCUT2D eigenvalue weighted by Gasteiger charge is -2.57. The number of rotatable bonds is 0. The Morgan fingerprint density at radius 2 is 1.94 bits per heavy atom. The normalized spacial score (nSPS) is 50.6. The van der Waals surface area contributed by atoms with Crippen LogP contribution in [0.25, 0.3) is 0 Å². The third kappa shape index (κ3) is 1.20. The highest BCUT2D eigenvalue weighted by Crippen LogP contribution is 2.72. The van der Waals surface area contributed by atoms with Gasteiger partial charge >= 0.3 is 0 Å². The molecule has 1 spiro atoms. The van der Waals surface area contributed by atoms with Gasteiger partial charge in [0, 0.05) is 5.03 Å². The van der Waals surface area contributed by atoms with E-state index in [0.29, 0.717) is 29.1 Å². The van der Waals surface area contributed by atoms with E-state index in [1.165, 1.54) is 37.7 Å². The van der Waals surface area contributed by atoms with Gasteiger partial charge in [-0.3, -0.25) is 0 Å². The Hall–Kier alpha value is -0.0100. The summed E-state index contributed by atoms with van der Waals surface area (Å²) in [6.45, 7) is 2.23. The molecule has 0 aliphatic heterocycles. The van der Waals surface area contributed by atoms with Crippen LogP contribution in [-0.4, -0.2) is 11.2 Å². The van der Waals surface area contributed by atoms with E-state index >= 15 is 0 Å². The third-order valence-corrected chi connectivity index (χ3v) is 6.83. The number of aliphatic hydroxyl groups excluding tert-OH is 1. The number of hydrogen-bond acceptors (Lipinski definition) is 1. The molecule has 0 amide bonds. The molecule has 1 nitrogen and oxygen atoms in total. The second-order valence-corrected chi connectivity index (χ2v) is 7.31. The van der Waals surface area contributed by atoms with Crippen LogP contribution in [0.1, 0.15) is 45.4 Å². The standard InChI is InChI=1S/C15H21ClO/c1-8-12(16)7-11-9-3-2-4-10(14(9)17)13(8)15(11)5-6-15/h9-11,13-14,17H,2-7H2,1H3/t9-,10+,11-,13+,14+/m0/s1. The SMILES string of the molecule is CC1=C(Cl)C[C@H]2[C@@H]3CCC[C@@H]([C@@H]3O)[C@@H]1C21CC1. The molecule has 4 bridgehead atoms. The fourth-order valence-corrected chi connectivity index (χ4v) is 5.87. The molecule has 0 aromatic carbocycles. The van der Waals surface area contributed by atoms with Crippen LogP contribution in [0.5, 0.6) is 0 Å². The topological polar surface area (TPSA) is 20.2 Å². The smallest absolute Gasteiger partial charge is 0.0605 e. The zero-order valence-corrected chi connectivity index (χ0v) is 11.2. The Morgan fingerprint density at radius 3 is 2.65 bits per heavy atom. The second kappa shape index (κ2) is 3.30. The lowest BCUT2D eigenvalue weighted by atomic mass is 9.49. The van der Waals surface area contributed by atoms with E-state index in [-0.39, 0.29) is 6.10 Å². The Kier molecular flexibility index (Phi) is 2.11. The van der Waals surface area contributed by atoms with E-state index in [1.807, 2.05) is 0 Å². The van der Waals surface area contributed by atoms with E-state index in [4.69, 9.17) is 11.6 Å². The summed E-state index contributed by atoms with van der Waals surface area (Å²) >= 11 is 6.48. The molecular weight excluding hydrogens is 232 g/mol. The van der Waals surface area contributed by atoms with E-state index in [0.717, 1.165) is 11.5 Å². The number of halogens is 1. The van der Waals surface area contributed by atoms with Crippen LogP contribution in [-0.2, 0) is 0 Å². The van der Waals surface area contributed by atoms with Gasteiger partial charge in [-0.15, -0.1) is 0 Å². The van der Waals surface area contributed by atoms with Crippen molar-refractivity contribution >= 4 is 11.6 Å². The Morgan fingerprint density at radius 1 is 1.24 bits per heavy atom. The largest absolute Gasteiger partial charge is 0.393 e. The monoisotopic (exact) mass is 252 g/mol. The summed E-state index contributed by atoms with van der Waals surface area (Å²) in [4.78, 5) is 0. The summed E-state index contributed by atoms with van der Waals surface area (Å²) in [5.41, 5.74) is 1.99. The molecule has 2 heteroatoms. The molecule has 4 aliphatic carbocycles. The molecule has 0 unspecified atom stereocenters. The maximum atomic E-state index is 10.6. The highest BCUT2D eigenvalue weighted by Gasteiger charge is 2.66. The molecule has 0 radical (unpaired) electrons. The first-order valence-electron chi connectivity index (χ1n) is 7.18. The molecule has 17 heavy (non-hydrogen) atoms. The van der Waals surface area contributed by atoms with Gasteiger partial charge in [0.05, 0.1) is 6.10 Å². The fraction of sp³-hybridized carbons (Fsp3) is 0.867. The van der Waals surface area contributed by atoms with Gasteiger partial charge in [-0.2, -0.15) is 0 Å². The average molecular weight is 253 g/mol. The molecule has 0 aromatic heterocycles. The van der Waals surface area contributed by atoms with Gasteiger partial charge in [-0.05, 0) is 68.1 Å². The highest BCUT2D eigenvalue weighted by atomic mass is 35.5. The summed E-state index contributed by atoms with van der Waals surface area (Å²) < 4.78 is 0. The predicted molar refractivity (Wildman–Crippen MR) is 68.7 cm³/mol. The van der Waals surface area contributed by atoms with Gasteiger partial charge in [0.1, 0.15) is 0 Å². The Labute approximate surface area is 108 Å². The minimum absolute atomic E-state index is 0.0373. The van der Waals surface area contributed by atoms with Crippen molar-refractivity contribution in [1.82, 2.24) is 0 Å². The van der Waals surface area contributed by atoms with E-state index < -0.39 is 0 Å². The summed E-state index contributed by atoms with van der Waals surface area (Å²) in [6, 6.07) is 0. The van der Waals surface area contributed by atoms with E-state index in [9.17, 15) is 5.11 Å². The van der Waals surface area contributed by atoms with E-state index in [2.05, 4.69) is 6.92 Å². The summed E-state index contributed by atoms with van der Waals surface area (Å²) in [6.07, 6.45) is 7.58. The van der Waals surface area contributed by atoms with Crippen molar-refractivity contribution in [3.05, 3.63) is 10.6 Å².